The van der Waals surface area contributed by atoms with E-state index in [0.29, 0.717) is 39.4 Å². The summed E-state index contributed by atoms with van der Waals surface area (Å²) in [6.45, 7) is 5.41. The molecule has 13 heteroatoms. The average Bonchev–Trinajstić information content (AvgIpc) is 3.47. The molecule has 0 amide bonds. The van der Waals surface area contributed by atoms with E-state index in [1.807, 2.05) is 48.3 Å². The molecular formula is C33H39BrN9O2P. The van der Waals surface area contributed by atoms with Crippen LogP contribution in [0.25, 0.3) is 22.2 Å². The van der Waals surface area contributed by atoms with Gasteiger partial charge in [0.1, 0.15) is 18.7 Å². The number of aryl methyl sites for hydroxylation is 1. The molecule has 2 N–H and O–H groups in total. The van der Waals surface area contributed by atoms with E-state index in [4.69, 9.17) is 14.8 Å². The van der Waals surface area contributed by atoms with E-state index in [9.17, 15) is 4.57 Å². The Hall–Kier alpha value is -3.99. The molecule has 0 aliphatic carbocycles. The van der Waals surface area contributed by atoms with E-state index in [1.54, 1.807) is 32.8 Å². The second-order valence-corrected chi connectivity index (χ2v) is 16.2. The second-order valence-electron chi connectivity index (χ2n) is 12.2. The normalized spacial score (nSPS) is 14.2. The first-order valence-corrected chi connectivity index (χ1v) is 18.5. The third-order valence-electron chi connectivity index (χ3n) is 8.37. The fourth-order valence-corrected chi connectivity index (χ4v) is 7.80. The Morgan fingerprint density at radius 3 is 2.46 bits per heavy atom. The van der Waals surface area contributed by atoms with Gasteiger partial charge in [0.25, 0.3) is 0 Å². The molecule has 0 unspecified atom stereocenters. The van der Waals surface area contributed by atoms with Gasteiger partial charge in [0.2, 0.25) is 5.95 Å². The molecule has 1 saturated heterocycles. The Kier molecular flexibility index (Phi) is 9.05. The number of fused-ring (bicyclic) bond motifs is 1. The summed E-state index contributed by atoms with van der Waals surface area (Å²) in [6.07, 6.45) is 7.50. The van der Waals surface area contributed by atoms with Crippen molar-refractivity contribution < 1.29 is 9.30 Å². The Labute approximate surface area is 277 Å². The zero-order chi connectivity index (χ0) is 32.6. The van der Waals surface area contributed by atoms with Crippen LogP contribution >= 0.6 is 23.1 Å². The monoisotopic (exact) mass is 703 g/mol. The summed E-state index contributed by atoms with van der Waals surface area (Å²) in [5.41, 5.74) is 5.08. The summed E-state index contributed by atoms with van der Waals surface area (Å²) in [7, 11) is 5.19. The fourth-order valence-electron chi connectivity index (χ4n) is 6.05. The van der Waals surface area contributed by atoms with Gasteiger partial charge in [0.05, 0.1) is 46.1 Å². The lowest BCUT2D eigenvalue weighted by Crippen LogP contribution is -2.42. The molecule has 2 aromatic carbocycles. The highest BCUT2D eigenvalue weighted by molar-refractivity contribution is 9.10. The van der Waals surface area contributed by atoms with Crippen molar-refractivity contribution in [1.29, 1.82) is 0 Å². The van der Waals surface area contributed by atoms with Crippen molar-refractivity contribution in [3.8, 4) is 17.0 Å². The second kappa shape index (κ2) is 13.0. The molecule has 3 aromatic heterocycles. The van der Waals surface area contributed by atoms with Crippen molar-refractivity contribution in [2.75, 3.05) is 63.2 Å². The van der Waals surface area contributed by atoms with E-state index in [2.05, 4.69) is 72.6 Å². The predicted octanol–water partition coefficient (Wildman–Crippen LogP) is 6.46. The average molecular weight is 705 g/mol. The van der Waals surface area contributed by atoms with Crippen LogP contribution in [0, 0.1) is 0 Å². The zero-order valence-electron chi connectivity index (χ0n) is 27.0. The quantitative estimate of drug-likeness (QED) is 0.166. The van der Waals surface area contributed by atoms with Crippen molar-refractivity contribution in [3.05, 3.63) is 65.5 Å². The van der Waals surface area contributed by atoms with E-state index in [-0.39, 0.29) is 0 Å². The molecular weight excluding hydrogens is 665 g/mol. The molecule has 0 radical (unpaired) electrons. The molecule has 240 valence electrons. The summed E-state index contributed by atoms with van der Waals surface area (Å²) in [6, 6.07) is 14.5. The van der Waals surface area contributed by atoms with Gasteiger partial charge in [-0.3, -0.25) is 9.67 Å². The van der Waals surface area contributed by atoms with Gasteiger partial charge in [-0.05, 0) is 74.4 Å². The number of para-hydroxylation sites is 1. The van der Waals surface area contributed by atoms with Gasteiger partial charge in [-0.25, -0.2) is 4.98 Å². The Morgan fingerprint density at radius 2 is 1.78 bits per heavy atom. The molecule has 0 atom stereocenters. The smallest absolute Gasteiger partial charge is 0.229 e. The van der Waals surface area contributed by atoms with E-state index in [0.717, 1.165) is 59.1 Å². The molecule has 1 aliphatic rings. The van der Waals surface area contributed by atoms with Crippen LogP contribution < -0.4 is 25.6 Å². The first-order chi connectivity index (χ1) is 22.0. The van der Waals surface area contributed by atoms with Gasteiger partial charge in [-0.1, -0.05) is 18.2 Å². The number of rotatable bonds is 9. The van der Waals surface area contributed by atoms with Crippen LogP contribution in [-0.4, -0.2) is 83.3 Å². The first-order valence-electron chi connectivity index (χ1n) is 15.1. The van der Waals surface area contributed by atoms with Gasteiger partial charge in [-0.2, -0.15) is 10.1 Å². The molecule has 0 saturated carbocycles. The summed E-state index contributed by atoms with van der Waals surface area (Å²) in [4.78, 5) is 18.7. The molecule has 0 bridgehead atoms. The molecule has 5 aromatic rings. The van der Waals surface area contributed by atoms with Gasteiger partial charge in [0.15, 0.2) is 0 Å². The topological polar surface area (TPSA) is 113 Å². The van der Waals surface area contributed by atoms with Crippen LogP contribution in [0.5, 0.6) is 5.75 Å². The Bertz CT molecular complexity index is 1930. The van der Waals surface area contributed by atoms with Crippen LogP contribution in [-0.2, 0) is 11.6 Å². The zero-order valence-corrected chi connectivity index (χ0v) is 29.4. The lowest BCUT2D eigenvalue weighted by atomic mass is 10.0. The molecule has 1 aliphatic heterocycles. The standard InChI is InChI=1S/C33H39BrN9O2P/c1-41(2)21-11-15-43(16-12-21)29-18-30(45-4)27(17-23(29)26-13-14-42(3)40-26)38-33-36-19-24(34)32(39-33)37-28-20-35-25-10-8-7-9-22(25)31(28)46(5,6)44/h7-10,13-14,17-21H,11-12,15-16H2,1-6H3,(H2,36,37,38,39). The van der Waals surface area contributed by atoms with Crippen molar-refractivity contribution in [2.45, 2.75) is 18.9 Å². The highest BCUT2D eigenvalue weighted by atomic mass is 79.9. The molecule has 0 spiro atoms. The minimum atomic E-state index is -2.70. The maximum atomic E-state index is 13.5. The predicted molar refractivity (Wildman–Crippen MR) is 191 cm³/mol. The SMILES string of the molecule is COc1cc(N2CCC(N(C)C)CC2)c(-c2ccn(C)n2)cc1Nc1ncc(Br)c(Nc2cnc3ccccc3c2P(C)(C)=O)n1. The van der Waals surface area contributed by atoms with Crippen LogP contribution in [0.1, 0.15) is 12.8 Å². The number of halogens is 1. The third kappa shape index (κ3) is 6.61. The molecule has 1 fully saturated rings. The number of nitrogens with one attached hydrogen (secondary N) is 2. The van der Waals surface area contributed by atoms with Gasteiger partial charge < -0.3 is 29.7 Å². The minimum Gasteiger partial charge on any atom is -0.494 e. The van der Waals surface area contributed by atoms with Gasteiger partial charge in [-0.15, -0.1) is 0 Å². The minimum absolute atomic E-state index is 0.363. The lowest BCUT2D eigenvalue weighted by molar-refractivity contribution is 0.249. The number of ether oxygens (including phenoxy) is 1. The summed E-state index contributed by atoms with van der Waals surface area (Å²) in [5, 5.41) is 13.1. The Morgan fingerprint density at radius 1 is 1.02 bits per heavy atom. The number of pyridine rings is 1. The summed E-state index contributed by atoms with van der Waals surface area (Å²) >= 11 is 3.59. The maximum absolute atomic E-state index is 13.5. The van der Waals surface area contributed by atoms with Crippen LogP contribution in [0.4, 0.5) is 28.8 Å². The Balaban J connectivity index is 1.36. The highest BCUT2D eigenvalue weighted by Gasteiger charge is 2.26. The number of nitrogens with zero attached hydrogens (tertiary/aromatic N) is 7. The van der Waals surface area contributed by atoms with E-state index >= 15 is 0 Å². The number of anilines is 5. The number of aromatic nitrogens is 5. The van der Waals surface area contributed by atoms with Crippen LogP contribution in [0.3, 0.4) is 0 Å². The number of hydrogen-bond donors (Lipinski definition) is 2. The van der Waals surface area contributed by atoms with Crippen LogP contribution in [0.2, 0.25) is 0 Å². The van der Waals surface area contributed by atoms with Gasteiger partial charge in [0, 0.05) is 60.9 Å². The first kappa shape index (κ1) is 32.0. The highest BCUT2D eigenvalue weighted by Crippen LogP contribution is 2.43. The third-order valence-corrected chi connectivity index (χ3v) is 10.5. The maximum Gasteiger partial charge on any atom is 0.229 e. The van der Waals surface area contributed by atoms with Crippen molar-refractivity contribution >= 4 is 68.1 Å². The van der Waals surface area contributed by atoms with Crippen molar-refractivity contribution in [3.63, 3.8) is 0 Å². The number of benzene rings is 2. The van der Waals surface area contributed by atoms with Crippen molar-refractivity contribution in [2.24, 2.45) is 7.05 Å². The number of piperidine rings is 1. The number of methoxy groups -OCH3 is 1. The van der Waals surface area contributed by atoms with Crippen molar-refractivity contribution in [1.82, 2.24) is 29.6 Å². The van der Waals surface area contributed by atoms with Crippen LogP contribution in [0.15, 0.2) is 65.5 Å². The molecule has 4 heterocycles. The molecule has 6 rings (SSSR count). The van der Waals surface area contributed by atoms with E-state index in [1.165, 1.54) is 0 Å². The summed E-state index contributed by atoms with van der Waals surface area (Å²) in [5.74, 6) is 1.54. The van der Waals surface area contributed by atoms with Gasteiger partial charge >= 0.3 is 0 Å². The number of hydrogen-bond acceptors (Lipinski definition) is 10. The molecule has 46 heavy (non-hydrogen) atoms. The molecule has 11 nitrogen and oxygen atoms in total. The summed E-state index contributed by atoms with van der Waals surface area (Å²) < 4.78 is 21.9. The fraction of sp³-hybridized carbons (Fsp3) is 0.333. The largest absolute Gasteiger partial charge is 0.494 e. The lowest BCUT2D eigenvalue weighted by Gasteiger charge is -2.37. The van der Waals surface area contributed by atoms with E-state index < -0.39 is 7.14 Å².